The molecule has 0 aromatic heterocycles. The smallest absolute Gasteiger partial charge is 0.211 e. The molecule has 0 fully saturated rings. The molecule has 0 amide bonds. The Kier molecular flexibility index (Phi) is 5.53. The SMILES string of the molecule is OCCC1=[NH+]CCS1.[Br-]. The van der Waals surface area contributed by atoms with Crippen LogP contribution in [0.1, 0.15) is 6.42 Å². The predicted octanol–water partition coefficient (Wildman–Crippen LogP) is -4.40. The molecule has 0 atom stereocenters. The maximum absolute atomic E-state index is 8.45. The Hall–Kier alpha value is 0.460. The van der Waals surface area contributed by atoms with Crippen molar-refractivity contribution in [1.82, 2.24) is 0 Å². The fraction of sp³-hybridized carbons (Fsp3) is 0.800. The number of aliphatic hydroxyl groups is 1. The Balaban J connectivity index is 0.000000640. The Labute approximate surface area is 69.5 Å². The normalized spacial score (nSPS) is 16.8. The fourth-order valence-corrected chi connectivity index (χ4v) is 1.57. The van der Waals surface area contributed by atoms with E-state index in [0.29, 0.717) is 0 Å². The molecule has 0 aromatic carbocycles. The van der Waals surface area contributed by atoms with Crippen molar-refractivity contribution in [2.75, 3.05) is 18.9 Å². The van der Waals surface area contributed by atoms with Crippen LogP contribution in [0.15, 0.2) is 0 Å². The summed E-state index contributed by atoms with van der Waals surface area (Å²) in [6.07, 6.45) is 0.810. The van der Waals surface area contributed by atoms with Gasteiger partial charge in [-0.1, -0.05) is 11.8 Å². The van der Waals surface area contributed by atoms with Gasteiger partial charge in [0.05, 0.1) is 18.8 Å². The summed E-state index contributed by atoms with van der Waals surface area (Å²) in [6, 6.07) is 0. The maximum Gasteiger partial charge on any atom is 0.211 e. The Morgan fingerprint density at radius 2 is 2.44 bits per heavy atom. The van der Waals surface area contributed by atoms with Gasteiger partial charge in [0, 0.05) is 0 Å². The molecule has 0 saturated carbocycles. The first-order valence-corrected chi connectivity index (χ1v) is 3.75. The van der Waals surface area contributed by atoms with Crippen molar-refractivity contribution >= 4 is 16.8 Å². The van der Waals surface area contributed by atoms with Crippen LogP contribution in [-0.2, 0) is 0 Å². The van der Waals surface area contributed by atoms with Gasteiger partial charge in [0.1, 0.15) is 0 Å². The van der Waals surface area contributed by atoms with E-state index < -0.39 is 0 Å². The fourth-order valence-electron chi connectivity index (χ4n) is 0.678. The lowest BCUT2D eigenvalue weighted by molar-refractivity contribution is -0.445. The molecule has 1 rings (SSSR count). The highest BCUT2D eigenvalue weighted by atomic mass is 79.9. The zero-order valence-electron chi connectivity index (χ0n) is 5.06. The van der Waals surface area contributed by atoms with Crippen molar-refractivity contribution in [3.05, 3.63) is 0 Å². The number of rotatable bonds is 2. The third-order valence-electron chi connectivity index (χ3n) is 1.04. The van der Waals surface area contributed by atoms with E-state index in [9.17, 15) is 0 Å². The number of aliphatic hydroxyl groups excluding tert-OH is 1. The van der Waals surface area contributed by atoms with Gasteiger partial charge in [-0.05, 0) is 0 Å². The highest BCUT2D eigenvalue weighted by Gasteiger charge is 2.11. The summed E-state index contributed by atoms with van der Waals surface area (Å²) in [5, 5.41) is 9.70. The number of hydrogen-bond acceptors (Lipinski definition) is 2. The molecule has 0 aromatic rings. The van der Waals surface area contributed by atoms with E-state index >= 15 is 0 Å². The molecular weight excluding hydrogens is 202 g/mol. The molecule has 0 unspecified atom stereocenters. The van der Waals surface area contributed by atoms with Crippen LogP contribution in [0.5, 0.6) is 0 Å². The number of thioether (sulfide) groups is 1. The molecule has 0 saturated heterocycles. The second kappa shape index (κ2) is 5.26. The molecule has 4 heteroatoms. The van der Waals surface area contributed by atoms with E-state index in [4.69, 9.17) is 5.11 Å². The molecule has 1 aliphatic heterocycles. The summed E-state index contributed by atoms with van der Waals surface area (Å²) in [6.45, 7) is 1.34. The summed E-state index contributed by atoms with van der Waals surface area (Å²) in [5.74, 6) is 1.16. The van der Waals surface area contributed by atoms with Crippen LogP contribution >= 0.6 is 11.8 Å². The molecular formula is C5H10BrNOS. The minimum atomic E-state index is 0. The Bertz CT molecular complexity index is 107. The van der Waals surface area contributed by atoms with Gasteiger partial charge in [-0.25, -0.2) is 4.99 Å². The second-order valence-corrected chi connectivity index (χ2v) is 2.86. The first-order chi connectivity index (χ1) is 3.93. The Morgan fingerprint density at radius 3 is 2.89 bits per heavy atom. The molecule has 1 aliphatic rings. The van der Waals surface area contributed by atoms with E-state index in [1.54, 1.807) is 0 Å². The number of hydrogen-bond donors (Lipinski definition) is 2. The molecule has 0 spiro atoms. The molecule has 2 nitrogen and oxygen atoms in total. The molecule has 9 heavy (non-hydrogen) atoms. The molecule has 0 bridgehead atoms. The highest BCUT2D eigenvalue weighted by molar-refractivity contribution is 8.13. The zero-order valence-corrected chi connectivity index (χ0v) is 7.46. The minimum absolute atomic E-state index is 0. The van der Waals surface area contributed by atoms with E-state index in [2.05, 4.69) is 4.99 Å². The van der Waals surface area contributed by atoms with Gasteiger partial charge in [-0.3, -0.25) is 0 Å². The van der Waals surface area contributed by atoms with Gasteiger partial charge in [0.2, 0.25) is 5.04 Å². The standard InChI is InChI=1S/C5H9NOS.BrH/c7-3-1-5-6-2-4-8-5;/h7H,1-4H2;1H. The average Bonchev–Trinajstić information content (AvgIpc) is 2.19. The summed E-state index contributed by atoms with van der Waals surface area (Å²) in [4.78, 5) is 3.18. The third-order valence-corrected chi connectivity index (χ3v) is 2.14. The van der Waals surface area contributed by atoms with Gasteiger partial charge in [-0.15, -0.1) is 0 Å². The monoisotopic (exact) mass is 211 g/mol. The minimum Gasteiger partial charge on any atom is -1.00 e. The third kappa shape index (κ3) is 3.23. The Morgan fingerprint density at radius 1 is 1.67 bits per heavy atom. The van der Waals surface area contributed by atoms with Crippen molar-refractivity contribution < 1.29 is 27.1 Å². The van der Waals surface area contributed by atoms with Gasteiger partial charge in [0.25, 0.3) is 0 Å². The summed E-state index contributed by atoms with van der Waals surface area (Å²) < 4.78 is 0. The lowest BCUT2D eigenvalue weighted by atomic mass is 10.5. The van der Waals surface area contributed by atoms with Crippen LogP contribution in [0.3, 0.4) is 0 Å². The van der Waals surface area contributed by atoms with E-state index in [1.165, 1.54) is 5.04 Å². The first-order valence-electron chi connectivity index (χ1n) is 2.77. The zero-order chi connectivity index (χ0) is 5.82. The molecule has 2 N–H and O–H groups in total. The topological polar surface area (TPSA) is 34.2 Å². The quantitative estimate of drug-likeness (QED) is 0.484. The van der Waals surface area contributed by atoms with Crippen LogP contribution in [0.25, 0.3) is 0 Å². The van der Waals surface area contributed by atoms with Crippen molar-refractivity contribution in [3.63, 3.8) is 0 Å². The summed E-state index contributed by atoms with van der Waals surface area (Å²) >= 11 is 1.81. The van der Waals surface area contributed by atoms with Crippen molar-refractivity contribution in [3.8, 4) is 0 Å². The number of nitrogens with one attached hydrogen (secondary N) is 1. The average molecular weight is 212 g/mol. The number of halogens is 1. The summed E-state index contributed by atoms with van der Waals surface area (Å²) in [7, 11) is 0. The van der Waals surface area contributed by atoms with Gasteiger partial charge in [-0.2, -0.15) is 0 Å². The lowest BCUT2D eigenvalue weighted by Crippen LogP contribution is -3.00. The largest absolute Gasteiger partial charge is 1.00 e. The lowest BCUT2D eigenvalue weighted by Gasteiger charge is -1.84. The van der Waals surface area contributed by atoms with Gasteiger partial charge in [0.15, 0.2) is 6.54 Å². The maximum atomic E-state index is 8.45. The van der Waals surface area contributed by atoms with Crippen molar-refractivity contribution in [2.24, 2.45) is 0 Å². The van der Waals surface area contributed by atoms with E-state index in [0.717, 1.165) is 18.7 Å². The van der Waals surface area contributed by atoms with Gasteiger partial charge >= 0.3 is 0 Å². The molecule has 54 valence electrons. The molecule has 0 aliphatic carbocycles. The predicted molar refractivity (Wildman–Crippen MR) is 35.0 cm³/mol. The van der Waals surface area contributed by atoms with Crippen LogP contribution in [0, 0.1) is 0 Å². The van der Waals surface area contributed by atoms with E-state index in [-0.39, 0.29) is 23.6 Å². The summed E-state index contributed by atoms with van der Waals surface area (Å²) in [5.41, 5.74) is 0. The van der Waals surface area contributed by atoms with Gasteiger partial charge < -0.3 is 22.1 Å². The van der Waals surface area contributed by atoms with Crippen LogP contribution < -0.4 is 22.0 Å². The second-order valence-electron chi connectivity index (χ2n) is 1.67. The van der Waals surface area contributed by atoms with Crippen LogP contribution in [0.4, 0.5) is 0 Å². The molecule has 0 radical (unpaired) electrons. The first kappa shape index (κ1) is 9.46. The van der Waals surface area contributed by atoms with E-state index in [1.807, 2.05) is 11.8 Å². The van der Waals surface area contributed by atoms with Crippen molar-refractivity contribution in [1.29, 1.82) is 0 Å². The molecule has 1 heterocycles. The van der Waals surface area contributed by atoms with Crippen molar-refractivity contribution in [2.45, 2.75) is 6.42 Å². The van der Waals surface area contributed by atoms with Crippen LogP contribution in [0.2, 0.25) is 0 Å². The highest BCUT2D eigenvalue weighted by Crippen LogP contribution is 2.03. The van der Waals surface area contributed by atoms with Crippen LogP contribution in [-0.4, -0.2) is 29.1 Å².